The topological polar surface area (TPSA) is 57.3 Å². The van der Waals surface area contributed by atoms with Gasteiger partial charge < -0.3 is 15.5 Å². The number of aromatic nitrogens is 1. The van der Waals surface area contributed by atoms with E-state index in [4.69, 9.17) is 11.6 Å². The Bertz CT molecular complexity index is 481. The molecular formula is C13H18Cl2N4O. The summed E-state index contributed by atoms with van der Waals surface area (Å²) >= 11 is 6.14. The lowest BCUT2D eigenvalue weighted by Crippen LogP contribution is -2.53. The van der Waals surface area contributed by atoms with Crippen LogP contribution in [0, 0.1) is 5.92 Å². The number of hydrogen-bond acceptors (Lipinski definition) is 4. The van der Waals surface area contributed by atoms with E-state index in [-0.39, 0.29) is 30.3 Å². The van der Waals surface area contributed by atoms with Crippen molar-refractivity contribution in [2.24, 2.45) is 5.92 Å². The van der Waals surface area contributed by atoms with Gasteiger partial charge in [-0.05, 0) is 18.6 Å². The molecule has 1 aromatic rings. The predicted molar refractivity (Wildman–Crippen MR) is 81.6 cm³/mol. The first-order valence-corrected chi connectivity index (χ1v) is 6.98. The number of hydrogen-bond donors (Lipinski definition) is 2. The lowest BCUT2D eigenvalue weighted by atomic mass is 10.0. The van der Waals surface area contributed by atoms with Gasteiger partial charge >= 0.3 is 0 Å². The van der Waals surface area contributed by atoms with E-state index in [0.717, 1.165) is 38.4 Å². The van der Waals surface area contributed by atoms with Gasteiger partial charge in [0.25, 0.3) is 0 Å². The first-order chi connectivity index (χ1) is 9.24. The van der Waals surface area contributed by atoms with Crippen LogP contribution in [0.15, 0.2) is 18.3 Å². The highest BCUT2D eigenvalue weighted by atomic mass is 35.5. The van der Waals surface area contributed by atoms with Gasteiger partial charge in [-0.25, -0.2) is 4.98 Å². The highest BCUT2D eigenvalue weighted by Gasteiger charge is 2.30. The monoisotopic (exact) mass is 316 g/mol. The van der Waals surface area contributed by atoms with Crippen LogP contribution in [0.25, 0.3) is 0 Å². The van der Waals surface area contributed by atoms with Crippen molar-refractivity contribution in [1.29, 1.82) is 0 Å². The van der Waals surface area contributed by atoms with Crippen LogP contribution in [0.3, 0.4) is 0 Å². The molecular weight excluding hydrogens is 299 g/mol. The highest BCUT2D eigenvalue weighted by Crippen LogP contribution is 2.25. The summed E-state index contributed by atoms with van der Waals surface area (Å²) in [6, 6.07) is 3.87. The maximum Gasteiger partial charge on any atom is 0.225 e. The average molecular weight is 317 g/mol. The van der Waals surface area contributed by atoms with Gasteiger partial charge in [0.05, 0.1) is 10.9 Å². The summed E-state index contributed by atoms with van der Waals surface area (Å²) in [5.74, 6) is 1.12. The Morgan fingerprint density at radius 3 is 2.95 bits per heavy atom. The Hall–Kier alpha value is -1.04. The number of nitrogens with one attached hydrogen (secondary N) is 2. The Morgan fingerprint density at radius 2 is 2.30 bits per heavy atom. The quantitative estimate of drug-likeness (QED) is 0.876. The third-order valence-corrected chi connectivity index (χ3v) is 4.02. The molecule has 3 heterocycles. The number of anilines is 1. The highest BCUT2D eigenvalue weighted by molar-refractivity contribution is 6.32. The van der Waals surface area contributed by atoms with Crippen molar-refractivity contribution in [3.05, 3.63) is 23.4 Å². The Balaban J connectivity index is 0.00000147. The first kappa shape index (κ1) is 15.4. The number of nitrogens with zero attached hydrogens (tertiary/aromatic N) is 2. The molecule has 1 aromatic heterocycles. The molecule has 0 aromatic carbocycles. The molecule has 1 amide bonds. The number of carbonyl (C=O) groups is 1. The van der Waals surface area contributed by atoms with E-state index in [1.807, 2.05) is 12.1 Å². The minimum atomic E-state index is 0. The number of pyridine rings is 1. The fourth-order valence-electron chi connectivity index (χ4n) is 2.47. The smallest absolute Gasteiger partial charge is 0.225 e. The van der Waals surface area contributed by atoms with Crippen LogP contribution in [0.5, 0.6) is 0 Å². The van der Waals surface area contributed by atoms with Crippen LogP contribution < -0.4 is 15.5 Å². The minimum Gasteiger partial charge on any atom is -0.353 e. The van der Waals surface area contributed by atoms with Crippen molar-refractivity contribution >= 4 is 35.7 Å². The summed E-state index contributed by atoms with van der Waals surface area (Å²) in [5.41, 5.74) is 0. The molecule has 0 bridgehead atoms. The maximum absolute atomic E-state index is 11.9. The van der Waals surface area contributed by atoms with Gasteiger partial charge in [0.1, 0.15) is 5.82 Å². The van der Waals surface area contributed by atoms with Gasteiger partial charge in [0, 0.05) is 38.4 Å². The summed E-state index contributed by atoms with van der Waals surface area (Å²) in [5, 5.41) is 6.88. The van der Waals surface area contributed by atoms with E-state index in [0.29, 0.717) is 5.02 Å². The third kappa shape index (κ3) is 3.16. The molecule has 5 nitrogen and oxygen atoms in total. The minimum absolute atomic E-state index is 0. The van der Waals surface area contributed by atoms with Crippen LogP contribution in [-0.2, 0) is 4.79 Å². The molecule has 7 heteroatoms. The molecule has 2 N–H and O–H groups in total. The van der Waals surface area contributed by atoms with Gasteiger partial charge in [-0.2, -0.15) is 0 Å². The number of amides is 1. The number of carbonyl (C=O) groups excluding carboxylic acids is 1. The van der Waals surface area contributed by atoms with Crippen molar-refractivity contribution in [2.75, 3.05) is 31.1 Å². The molecule has 2 fully saturated rings. The van der Waals surface area contributed by atoms with E-state index >= 15 is 0 Å². The lowest BCUT2D eigenvalue weighted by Gasteiger charge is -2.27. The molecule has 1 atom stereocenters. The van der Waals surface area contributed by atoms with Crippen LogP contribution in [0.1, 0.15) is 6.42 Å². The summed E-state index contributed by atoms with van der Waals surface area (Å²) in [6.07, 6.45) is 2.69. The summed E-state index contributed by atoms with van der Waals surface area (Å²) in [6.45, 7) is 3.26. The molecule has 2 aliphatic rings. The third-order valence-electron chi connectivity index (χ3n) is 3.73. The SMILES string of the molecule is Cl.O=C(NC1CCN(c2ncccc2Cl)C1)C1CNC1. The predicted octanol–water partition coefficient (Wildman–Crippen LogP) is 1.07. The van der Waals surface area contributed by atoms with Crippen molar-refractivity contribution in [3.8, 4) is 0 Å². The van der Waals surface area contributed by atoms with E-state index in [9.17, 15) is 4.79 Å². The summed E-state index contributed by atoms with van der Waals surface area (Å²) in [7, 11) is 0. The van der Waals surface area contributed by atoms with Crippen LogP contribution >= 0.6 is 24.0 Å². The zero-order valence-corrected chi connectivity index (χ0v) is 12.6. The molecule has 20 heavy (non-hydrogen) atoms. The van der Waals surface area contributed by atoms with Crippen LogP contribution in [-0.4, -0.2) is 43.1 Å². The van der Waals surface area contributed by atoms with E-state index in [1.165, 1.54) is 0 Å². The molecule has 0 spiro atoms. The largest absolute Gasteiger partial charge is 0.353 e. The van der Waals surface area contributed by atoms with Crippen LogP contribution in [0.2, 0.25) is 5.02 Å². The molecule has 0 saturated carbocycles. The zero-order chi connectivity index (χ0) is 13.2. The van der Waals surface area contributed by atoms with E-state index < -0.39 is 0 Å². The lowest BCUT2D eigenvalue weighted by molar-refractivity contribution is -0.127. The molecule has 2 aliphatic heterocycles. The standard InChI is InChI=1S/C13H17ClN4O.ClH/c14-11-2-1-4-16-12(11)18-5-3-10(8-18)17-13(19)9-6-15-7-9;/h1-2,4,9-10,15H,3,5-8H2,(H,17,19);1H. The second-order valence-electron chi connectivity index (χ2n) is 5.10. The fraction of sp³-hybridized carbons (Fsp3) is 0.538. The second kappa shape index (κ2) is 6.61. The molecule has 0 radical (unpaired) electrons. The molecule has 1 unspecified atom stereocenters. The van der Waals surface area contributed by atoms with Crippen molar-refractivity contribution < 1.29 is 4.79 Å². The van der Waals surface area contributed by atoms with Crippen LogP contribution in [0.4, 0.5) is 5.82 Å². The summed E-state index contributed by atoms with van der Waals surface area (Å²) in [4.78, 5) is 18.3. The molecule has 2 saturated heterocycles. The average Bonchev–Trinajstić information content (AvgIpc) is 2.75. The molecule has 110 valence electrons. The van der Waals surface area contributed by atoms with Gasteiger partial charge in [-0.1, -0.05) is 11.6 Å². The Labute approximate surface area is 129 Å². The molecule has 3 rings (SSSR count). The number of rotatable bonds is 3. The first-order valence-electron chi connectivity index (χ1n) is 6.60. The van der Waals surface area contributed by atoms with Crippen molar-refractivity contribution in [2.45, 2.75) is 12.5 Å². The summed E-state index contributed by atoms with van der Waals surface area (Å²) < 4.78 is 0. The second-order valence-corrected chi connectivity index (χ2v) is 5.51. The van der Waals surface area contributed by atoms with E-state index in [2.05, 4.69) is 20.5 Å². The van der Waals surface area contributed by atoms with Crippen molar-refractivity contribution in [3.63, 3.8) is 0 Å². The van der Waals surface area contributed by atoms with Gasteiger partial charge in [0.15, 0.2) is 0 Å². The van der Waals surface area contributed by atoms with Gasteiger partial charge in [0.2, 0.25) is 5.91 Å². The van der Waals surface area contributed by atoms with Gasteiger partial charge in [-0.3, -0.25) is 4.79 Å². The molecule has 0 aliphatic carbocycles. The maximum atomic E-state index is 11.9. The Kier molecular flexibility index (Phi) is 5.07. The van der Waals surface area contributed by atoms with Crippen molar-refractivity contribution in [1.82, 2.24) is 15.6 Å². The fourth-order valence-corrected chi connectivity index (χ4v) is 2.71. The Morgan fingerprint density at radius 1 is 1.50 bits per heavy atom. The van der Waals surface area contributed by atoms with E-state index in [1.54, 1.807) is 6.20 Å². The normalized spacial score (nSPS) is 22.1. The zero-order valence-electron chi connectivity index (χ0n) is 11.0. The number of halogens is 2. The van der Waals surface area contributed by atoms with Gasteiger partial charge in [-0.15, -0.1) is 12.4 Å².